The Morgan fingerprint density at radius 3 is 2.00 bits per heavy atom. The third-order valence-corrected chi connectivity index (χ3v) is 10.1. The van der Waals surface area contributed by atoms with Gasteiger partial charge in [0.15, 0.2) is 0 Å². The Labute approximate surface area is 166 Å². The van der Waals surface area contributed by atoms with Gasteiger partial charge in [-0.15, -0.1) is 0 Å². The van der Waals surface area contributed by atoms with E-state index in [2.05, 4.69) is 67.6 Å². The summed E-state index contributed by atoms with van der Waals surface area (Å²) in [4.78, 5) is 12.3. The second-order valence-electron chi connectivity index (χ2n) is 8.03. The molecule has 1 aliphatic rings. The minimum atomic E-state index is -2.84. The van der Waals surface area contributed by atoms with Crippen molar-refractivity contribution in [1.82, 2.24) is 0 Å². The highest BCUT2D eigenvalue weighted by Gasteiger charge is 2.42. The maximum atomic E-state index is 12.3. The highest BCUT2D eigenvalue weighted by Crippen LogP contribution is 2.31. The molecule has 1 aliphatic carbocycles. The van der Waals surface area contributed by atoms with E-state index in [1.807, 2.05) is 12.1 Å². The van der Waals surface area contributed by atoms with Crippen molar-refractivity contribution in [2.24, 2.45) is 5.92 Å². The first kappa shape index (κ1) is 20.1. The number of benzene rings is 2. The minimum Gasteiger partial charge on any atom is -0.423 e. The Hall–Kier alpha value is -1.64. The topological polar surface area (TPSA) is 20.2 Å². The fraction of sp³-hybridized carbons (Fsp3) is 0.440. The summed E-state index contributed by atoms with van der Waals surface area (Å²) in [6, 6.07) is 20.9. The van der Waals surface area contributed by atoms with Crippen molar-refractivity contribution in [1.29, 1.82) is 0 Å². The van der Waals surface area contributed by atoms with E-state index in [1.54, 1.807) is 0 Å². The van der Waals surface area contributed by atoms with Gasteiger partial charge in [0.2, 0.25) is 0 Å². The molecule has 0 heterocycles. The molecule has 0 spiro atoms. The van der Waals surface area contributed by atoms with E-state index in [0.717, 1.165) is 16.8 Å². The maximum absolute atomic E-state index is 12.3. The molecule has 1 fully saturated rings. The zero-order valence-electron chi connectivity index (χ0n) is 16.7. The van der Waals surface area contributed by atoms with Gasteiger partial charge in [0.05, 0.1) is 0 Å². The second kappa shape index (κ2) is 10.1. The molecule has 0 radical (unpaired) electrons. The van der Waals surface area contributed by atoms with E-state index in [-0.39, 0.29) is 5.54 Å². The Kier molecular flexibility index (Phi) is 7.48. The second-order valence-corrected chi connectivity index (χ2v) is 11.5. The van der Waals surface area contributed by atoms with Gasteiger partial charge < -0.3 is 4.80 Å². The summed E-state index contributed by atoms with van der Waals surface area (Å²) in [6.07, 6.45) is 14.9. The van der Waals surface area contributed by atoms with Gasteiger partial charge in [0, 0.05) is 5.54 Å². The number of hydrogen-bond acceptors (Lipinski definition) is 1. The summed E-state index contributed by atoms with van der Waals surface area (Å²) in [5.74, 6) is 0.712. The lowest BCUT2D eigenvalue weighted by Gasteiger charge is -2.33. The molecule has 3 rings (SSSR count). The van der Waals surface area contributed by atoms with Crippen LogP contribution in [0.1, 0.15) is 58.3 Å². The molecular formula is C25H34OSi. The van der Waals surface area contributed by atoms with Crippen molar-refractivity contribution in [3.8, 4) is 0 Å². The molecule has 2 aromatic carbocycles. The standard InChI is InChI=1S/C25H34OSi/c1-2-3-6-15-25(21-20-22-13-11-12-14-22)27(26,23-16-7-4-8-17-23)24-18-9-5-10-19-24/h4-5,7-10,16-22,25-26H,2-3,6,11-15H2,1H3/b21-20+. The zero-order chi connectivity index (χ0) is 19.0. The average molecular weight is 379 g/mol. The van der Waals surface area contributed by atoms with E-state index < -0.39 is 8.32 Å². The van der Waals surface area contributed by atoms with Crippen LogP contribution in [0.5, 0.6) is 0 Å². The van der Waals surface area contributed by atoms with E-state index in [1.165, 1.54) is 44.9 Å². The molecule has 0 amide bonds. The molecule has 27 heavy (non-hydrogen) atoms. The van der Waals surface area contributed by atoms with Crippen molar-refractivity contribution in [3.63, 3.8) is 0 Å². The van der Waals surface area contributed by atoms with Gasteiger partial charge in [0.25, 0.3) is 8.32 Å². The Bertz CT molecular complexity index is 649. The fourth-order valence-electron chi connectivity index (χ4n) is 4.48. The lowest BCUT2D eigenvalue weighted by Crippen LogP contribution is -2.61. The molecule has 0 aromatic heterocycles. The van der Waals surface area contributed by atoms with Gasteiger partial charge in [-0.1, -0.05) is 112 Å². The average Bonchev–Trinajstić information content (AvgIpc) is 3.25. The zero-order valence-corrected chi connectivity index (χ0v) is 17.7. The SMILES string of the molecule is CCCCCC(/C=C/C1CCCC1)[Si](O)(c1ccccc1)c1ccccc1. The monoisotopic (exact) mass is 378 g/mol. The third-order valence-electron chi connectivity index (χ3n) is 6.10. The number of unbranched alkanes of at least 4 members (excludes halogenated alkanes) is 2. The van der Waals surface area contributed by atoms with Crippen molar-refractivity contribution in [3.05, 3.63) is 72.8 Å². The van der Waals surface area contributed by atoms with Crippen molar-refractivity contribution >= 4 is 18.7 Å². The smallest absolute Gasteiger partial charge is 0.259 e. The molecule has 1 atom stereocenters. The van der Waals surface area contributed by atoms with Crippen LogP contribution < -0.4 is 10.4 Å². The number of rotatable bonds is 9. The van der Waals surface area contributed by atoms with Crippen LogP contribution in [0.3, 0.4) is 0 Å². The largest absolute Gasteiger partial charge is 0.423 e. The summed E-state index contributed by atoms with van der Waals surface area (Å²) in [5.41, 5.74) is 0.231. The van der Waals surface area contributed by atoms with Crippen LogP contribution >= 0.6 is 0 Å². The molecule has 0 aliphatic heterocycles. The fourth-order valence-corrected chi connectivity index (χ4v) is 8.08. The lowest BCUT2D eigenvalue weighted by molar-refractivity contribution is 0.533. The molecule has 0 bridgehead atoms. The van der Waals surface area contributed by atoms with Crippen molar-refractivity contribution < 1.29 is 4.80 Å². The van der Waals surface area contributed by atoms with Crippen LogP contribution in [0.4, 0.5) is 0 Å². The van der Waals surface area contributed by atoms with E-state index in [4.69, 9.17) is 0 Å². The normalized spacial score (nSPS) is 16.8. The van der Waals surface area contributed by atoms with E-state index in [9.17, 15) is 4.80 Å². The first-order valence-corrected chi connectivity index (χ1v) is 12.8. The molecular weight excluding hydrogens is 344 g/mol. The maximum Gasteiger partial charge on any atom is 0.259 e. The Morgan fingerprint density at radius 1 is 0.926 bits per heavy atom. The summed E-state index contributed by atoms with van der Waals surface area (Å²) in [5, 5.41) is 2.27. The predicted molar refractivity (Wildman–Crippen MR) is 119 cm³/mol. The predicted octanol–water partition coefficient (Wildman–Crippen LogP) is 5.44. The molecule has 1 saturated carbocycles. The quantitative estimate of drug-likeness (QED) is 0.350. The van der Waals surface area contributed by atoms with Crippen LogP contribution in [-0.4, -0.2) is 13.1 Å². The summed E-state index contributed by atoms with van der Waals surface area (Å²) in [6.45, 7) is 2.25. The molecule has 2 heteroatoms. The van der Waals surface area contributed by atoms with Gasteiger partial charge in [0.1, 0.15) is 0 Å². The Balaban J connectivity index is 1.98. The van der Waals surface area contributed by atoms with Gasteiger partial charge in [-0.25, -0.2) is 0 Å². The molecule has 1 N–H and O–H groups in total. The van der Waals surface area contributed by atoms with Gasteiger partial charge in [-0.05, 0) is 35.6 Å². The first-order valence-electron chi connectivity index (χ1n) is 10.8. The number of allylic oxidation sites excluding steroid dienone is 2. The van der Waals surface area contributed by atoms with Crippen LogP contribution in [-0.2, 0) is 0 Å². The lowest BCUT2D eigenvalue weighted by atomic mass is 10.1. The summed E-state index contributed by atoms with van der Waals surface area (Å²) < 4.78 is 0. The van der Waals surface area contributed by atoms with Crippen LogP contribution in [0.2, 0.25) is 5.54 Å². The van der Waals surface area contributed by atoms with Gasteiger partial charge >= 0.3 is 0 Å². The molecule has 2 aromatic rings. The van der Waals surface area contributed by atoms with Crippen molar-refractivity contribution in [2.45, 2.75) is 63.8 Å². The van der Waals surface area contributed by atoms with Crippen LogP contribution in [0.25, 0.3) is 0 Å². The molecule has 1 nitrogen and oxygen atoms in total. The first-order chi connectivity index (χ1) is 13.2. The summed E-state index contributed by atoms with van der Waals surface area (Å²) in [7, 11) is -2.84. The van der Waals surface area contributed by atoms with Gasteiger partial charge in [-0.3, -0.25) is 0 Å². The van der Waals surface area contributed by atoms with E-state index in [0.29, 0.717) is 5.92 Å². The highest BCUT2D eigenvalue weighted by atomic mass is 28.4. The molecule has 144 valence electrons. The molecule has 0 saturated heterocycles. The minimum absolute atomic E-state index is 0.231. The number of hydrogen-bond donors (Lipinski definition) is 1. The van der Waals surface area contributed by atoms with Crippen molar-refractivity contribution in [2.75, 3.05) is 0 Å². The highest BCUT2D eigenvalue weighted by molar-refractivity contribution is 6.97. The van der Waals surface area contributed by atoms with Crippen LogP contribution in [0, 0.1) is 5.92 Å². The van der Waals surface area contributed by atoms with Crippen LogP contribution in [0.15, 0.2) is 72.8 Å². The van der Waals surface area contributed by atoms with E-state index >= 15 is 0 Å². The van der Waals surface area contributed by atoms with Gasteiger partial charge in [-0.2, -0.15) is 0 Å². The third kappa shape index (κ3) is 5.00. The Morgan fingerprint density at radius 2 is 1.48 bits per heavy atom. The molecule has 1 unspecified atom stereocenters. The summed E-state index contributed by atoms with van der Waals surface area (Å²) >= 11 is 0.